The van der Waals surface area contributed by atoms with Crippen LogP contribution in [-0.4, -0.2) is 22.6 Å². The predicted octanol–water partition coefficient (Wildman–Crippen LogP) is 6.24. The number of pyridine rings is 2. The van der Waals surface area contributed by atoms with Crippen LogP contribution in [0.15, 0.2) is 59.5 Å². The van der Waals surface area contributed by atoms with Crippen LogP contribution in [0.4, 0.5) is 39.5 Å². The number of benzene rings is 2. The largest absolute Gasteiger partial charge is 0.416 e. The molecule has 0 unspecified atom stereocenters. The van der Waals surface area contributed by atoms with E-state index in [2.05, 4.69) is 20.9 Å². The number of hydrogen-bond acceptors (Lipinski definition) is 4. The normalized spacial score (nSPS) is 11.4. The SMILES string of the molecule is CCn1c(=O)c(-c2cc(NC(=O)Nc3cccc(C(F)(F)F)c3)c(F)cc2C)cc2cnc(NC)cc21. The first-order valence-electron chi connectivity index (χ1n) is 11.3. The van der Waals surface area contributed by atoms with E-state index in [4.69, 9.17) is 0 Å². The van der Waals surface area contributed by atoms with Gasteiger partial charge in [0.2, 0.25) is 0 Å². The maximum Gasteiger partial charge on any atom is 0.416 e. The van der Waals surface area contributed by atoms with Gasteiger partial charge in [-0.2, -0.15) is 13.2 Å². The molecule has 11 heteroatoms. The van der Waals surface area contributed by atoms with Crippen molar-refractivity contribution in [1.82, 2.24) is 9.55 Å². The molecule has 37 heavy (non-hydrogen) atoms. The van der Waals surface area contributed by atoms with Crippen LogP contribution in [0.5, 0.6) is 0 Å². The molecule has 0 spiro atoms. The van der Waals surface area contributed by atoms with E-state index in [1.807, 2.05) is 6.92 Å². The summed E-state index contributed by atoms with van der Waals surface area (Å²) in [6, 6.07) is 9.04. The summed E-state index contributed by atoms with van der Waals surface area (Å²) in [6.45, 7) is 3.83. The number of aromatic nitrogens is 2. The standard InChI is InChI=1S/C26H23F4N5O2/c1-4-35-22-12-23(31-3)32-13-15(22)9-19(24(35)36)18-11-21(20(27)8-14(18)2)34-25(37)33-17-7-5-6-16(10-17)26(28,29)30/h5-13H,4H2,1-3H3,(H,31,32)(H2,33,34,37). The van der Waals surface area contributed by atoms with Gasteiger partial charge in [0.1, 0.15) is 11.6 Å². The van der Waals surface area contributed by atoms with E-state index in [0.717, 1.165) is 18.2 Å². The Morgan fingerprint density at radius 3 is 2.49 bits per heavy atom. The van der Waals surface area contributed by atoms with E-state index >= 15 is 0 Å². The number of hydrogen-bond donors (Lipinski definition) is 3. The zero-order valence-corrected chi connectivity index (χ0v) is 20.1. The van der Waals surface area contributed by atoms with E-state index in [-0.39, 0.29) is 22.5 Å². The molecule has 0 bridgehead atoms. The Morgan fingerprint density at radius 2 is 1.81 bits per heavy atom. The highest BCUT2D eigenvalue weighted by Gasteiger charge is 2.30. The van der Waals surface area contributed by atoms with Crippen LogP contribution in [0.1, 0.15) is 18.1 Å². The lowest BCUT2D eigenvalue weighted by Gasteiger charge is -2.16. The van der Waals surface area contributed by atoms with Gasteiger partial charge < -0.3 is 20.5 Å². The Labute approximate surface area is 209 Å². The zero-order chi connectivity index (χ0) is 26.9. The molecule has 0 atom stereocenters. The molecule has 0 saturated carbocycles. The molecule has 3 N–H and O–H groups in total. The average molecular weight is 513 g/mol. The lowest BCUT2D eigenvalue weighted by atomic mass is 9.99. The molecule has 0 aliphatic heterocycles. The Kier molecular flexibility index (Phi) is 6.88. The molecule has 0 aliphatic carbocycles. The molecule has 0 fully saturated rings. The maximum atomic E-state index is 14.8. The fraction of sp³-hybridized carbons (Fsp3) is 0.192. The molecule has 4 rings (SSSR count). The summed E-state index contributed by atoms with van der Waals surface area (Å²) in [4.78, 5) is 30.2. The third-order valence-electron chi connectivity index (χ3n) is 5.85. The lowest BCUT2D eigenvalue weighted by Crippen LogP contribution is -2.22. The molecule has 2 amide bonds. The van der Waals surface area contributed by atoms with Gasteiger partial charge in [-0.3, -0.25) is 4.79 Å². The number of rotatable bonds is 5. The lowest BCUT2D eigenvalue weighted by molar-refractivity contribution is -0.137. The van der Waals surface area contributed by atoms with Gasteiger partial charge in [0.05, 0.1) is 16.8 Å². The fourth-order valence-electron chi connectivity index (χ4n) is 4.03. The minimum Gasteiger partial charge on any atom is -0.373 e. The summed E-state index contributed by atoms with van der Waals surface area (Å²) in [5.74, 6) is -0.171. The molecule has 2 aromatic carbocycles. The number of amides is 2. The molecule has 0 aliphatic rings. The van der Waals surface area contributed by atoms with Crippen LogP contribution in [0.3, 0.4) is 0 Å². The van der Waals surface area contributed by atoms with Crippen molar-refractivity contribution in [1.29, 1.82) is 0 Å². The van der Waals surface area contributed by atoms with Gasteiger partial charge in [-0.15, -0.1) is 0 Å². The first-order valence-corrected chi connectivity index (χ1v) is 11.3. The number of alkyl halides is 3. The van der Waals surface area contributed by atoms with E-state index in [1.165, 1.54) is 18.2 Å². The zero-order valence-electron chi connectivity index (χ0n) is 20.1. The first kappa shape index (κ1) is 25.7. The molecule has 2 aromatic heterocycles. The third-order valence-corrected chi connectivity index (χ3v) is 5.85. The van der Waals surface area contributed by atoms with Crippen LogP contribution in [0, 0.1) is 12.7 Å². The van der Waals surface area contributed by atoms with Crippen LogP contribution in [-0.2, 0) is 12.7 Å². The number of anilines is 3. The highest BCUT2D eigenvalue weighted by atomic mass is 19.4. The third kappa shape index (κ3) is 5.25. The average Bonchev–Trinajstić information content (AvgIpc) is 2.85. The Balaban J connectivity index is 1.70. The monoisotopic (exact) mass is 513 g/mol. The Morgan fingerprint density at radius 1 is 1.05 bits per heavy atom. The number of halogens is 4. The summed E-state index contributed by atoms with van der Waals surface area (Å²) in [6.07, 6.45) is -2.96. The molecular formula is C26H23F4N5O2. The van der Waals surface area contributed by atoms with Crippen LogP contribution >= 0.6 is 0 Å². The van der Waals surface area contributed by atoms with Gasteiger partial charge >= 0.3 is 12.2 Å². The number of fused-ring (bicyclic) bond motifs is 1. The number of carbonyl (C=O) groups is 1. The van der Waals surface area contributed by atoms with Crippen molar-refractivity contribution in [2.75, 3.05) is 23.0 Å². The second-order valence-electron chi connectivity index (χ2n) is 8.29. The number of carbonyl (C=O) groups excluding carboxylic acids is 1. The van der Waals surface area contributed by atoms with Crippen molar-refractivity contribution in [3.8, 4) is 11.1 Å². The van der Waals surface area contributed by atoms with Crippen LogP contribution < -0.4 is 21.5 Å². The van der Waals surface area contributed by atoms with Crippen molar-refractivity contribution in [2.24, 2.45) is 0 Å². The topological polar surface area (TPSA) is 88.1 Å². The second kappa shape index (κ2) is 9.92. The summed E-state index contributed by atoms with van der Waals surface area (Å²) >= 11 is 0. The predicted molar refractivity (Wildman–Crippen MR) is 135 cm³/mol. The Bertz CT molecular complexity index is 1560. The molecular weight excluding hydrogens is 490 g/mol. The second-order valence-corrected chi connectivity index (χ2v) is 8.29. The summed E-state index contributed by atoms with van der Waals surface area (Å²) in [7, 11) is 1.72. The molecule has 2 heterocycles. The highest BCUT2D eigenvalue weighted by molar-refractivity contribution is 6.00. The quantitative estimate of drug-likeness (QED) is 0.276. The minimum atomic E-state index is -4.58. The Hall–Kier alpha value is -4.41. The van der Waals surface area contributed by atoms with Crippen molar-refractivity contribution < 1.29 is 22.4 Å². The highest BCUT2D eigenvalue weighted by Crippen LogP contribution is 2.32. The van der Waals surface area contributed by atoms with Gasteiger partial charge in [0.15, 0.2) is 0 Å². The molecule has 0 radical (unpaired) electrons. The fourth-order valence-corrected chi connectivity index (χ4v) is 4.03. The summed E-state index contributed by atoms with van der Waals surface area (Å²) < 4.78 is 55.2. The number of nitrogens with zero attached hydrogens (tertiary/aromatic N) is 2. The molecule has 192 valence electrons. The van der Waals surface area contributed by atoms with E-state index in [9.17, 15) is 27.2 Å². The van der Waals surface area contributed by atoms with Crippen molar-refractivity contribution in [2.45, 2.75) is 26.6 Å². The van der Waals surface area contributed by atoms with E-state index < -0.39 is 23.6 Å². The molecule has 4 aromatic rings. The molecule has 7 nitrogen and oxygen atoms in total. The summed E-state index contributed by atoms with van der Waals surface area (Å²) in [5, 5.41) is 8.22. The van der Waals surface area contributed by atoms with Crippen molar-refractivity contribution in [3.63, 3.8) is 0 Å². The van der Waals surface area contributed by atoms with Crippen LogP contribution in [0.2, 0.25) is 0 Å². The molecule has 0 saturated heterocycles. The van der Waals surface area contributed by atoms with E-state index in [0.29, 0.717) is 34.4 Å². The van der Waals surface area contributed by atoms with E-state index in [1.54, 1.807) is 36.9 Å². The van der Waals surface area contributed by atoms with Crippen molar-refractivity contribution in [3.05, 3.63) is 82.0 Å². The van der Waals surface area contributed by atoms with Gasteiger partial charge in [0.25, 0.3) is 5.56 Å². The van der Waals surface area contributed by atoms with Gasteiger partial charge in [-0.05, 0) is 61.4 Å². The van der Waals surface area contributed by atoms with Gasteiger partial charge in [-0.1, -0.05) is 6.07 Å². The van der Waals surface area contributed by atoms with Gasteiger partial charge in [-0.25, -0.2) is 14.2 Å². The number of nitrogens with one attached hydrogen (secondary N) is 3. The van der Waals surface area contributed by atoms with Crippen molar-refractivity contribution >= 4 is 34.1 Å². The maximum absolute atomic E-state index is 14.8. The first-order chi connectivity index (χ1) is 17.5. The number of aryl methyl sites for hydroxylation is 2. The number of urea groups is 1. The smallest absolute Gasteiger partial charge is 0.373 e. The van der Waals surface area contributed by atoms with Crippen LogP contribution in [0.25, 0.3) is 22.0 Å². The minimum absolute atomic E-state index is 0.117. The summed E-state index contributed by atoms with van der Waals surface area (Å²) in [5.41, 5.74) is 0.209. The van der Waals surface area contributed by atoms with Gasteiger partial charge in [0, 0.05) is 42.5 Å².